The summed E-state index contributed by atoms with van der Waals surface area (Å²) in [5.74, 6) is 0.0325. The van der Waals surface area contributed by atoms with E-state index in [9.17, 15) is 4.79 Å². The Morgan fingerprint density at radius 1 is 1.38 bits per heavy atom. The Morgan fingerprint density at radius 3 is 3.00 bits per heavy atom. The van der Waals surface area contributed by atoms with Crippen molar-refractivity contribution in [3.05, 3.63) is 35.5 Å². The van der Waals surface area contributed by atoms with Gasteiger partial charge in [-0.1, -0.05) is 19.1 Å². The number of morpholine rings is 1. The first-order chi connectivity index (χ1) is 11.5. The van der Waals surface area contributed by atoms with Crippen LogP contribution in [0.2, 0.25) is 0 Å². The van der Waals surface area contributed by atoms with Gasteiger partial charge in [-0.25, -0.2) is 0 Å². The molecule has 2 saturated heterocycles. The summed E-state index contributed by atoms with van der Waals surface area (Å²) < 4.78 is 11.6. The maximum atomic E-state index is 13.2. The molecule has 0 bridgehead atoms. The van der Waals surface area contributed by atoms with Crippen LogP contribution in [-0.2, 0) is 15.9 Å². The van der Waals surface area contributed by atoms with Gasteiger partial charge in [0.05, 0.1) is 31.4 Å². The van der Waals surface area contributed by atoms with E-state index in [0.717, 1.165) is 17.3 Å². The SMILES string of the molecule is CCc1cccc2[nH]c(C(=O)N3CC(C)(C)O[C@@H]4COC[C@H]43)cc12. The molecule has 2 aromatic rings. The Bertz CT molecular complexity index is 780. The van der Waals surface area contributed by atoms with Gasteiger partial charge in [-0.05, 0) is 38.0 Å². The molecule has 0 aliphatic carbocycles. The molecule has 128 valence electrons. The molecular formula is C19H24N2O3. The average Bonchev–Trinajstić information content (AvgIpc) is 3.17. The van der Waals surface area contributed by atoms with E-state index in [1.54, 1.807) is 0 Å². The third kappa shape index (κ3) is 2.52. The molecule has 2 aliphatic heterocycles. The van der Waals surface area contributed by atoms with Crippen molar-refractivity contribution >= 4 is 16.8 Å². The van der Waals surface area contributed by atoms with E-state index in [1.165, 1.54) is 5.56 Å². The molecule has 5 nitrogen and oxygen atoms in total. The van der Waals surface area contributed by atoms with Crippen molar-refractivity contribution in [3.8, 4) is 0 Å². The largest absolute Gasteiger partial charge is 0.376 e. The highest BCUT2D eigenvalue weighted by molar-refractivity contribution is 5.99. The van der Waals surface area contributed by atoms with Crippen LogP contribution < -0.4 is 0 Å². The third-order valence-corrected chi connectivity index (χ3v) is 5.05. The summed E-state index contributed by atoms with van der Waals surface area (Å²) >= 11 is 0. The number of aryl methyl sites for hydroxylation is 1. The minimum Gasteiger partial charge on any atom is -0.376 e. The summed E-state index contributed by atoms with van der Waals surface area (Å²) in [6.45, 7) is 7.88. The van der Waals surface area contributed by atoms with Crippen molar-refractivity contribution in [2.75, 3.05) is 19.8 Å². The molecule has 3 heterocycles. The zero-order valence-corrected chi connectivity index (χ0v) is 14.5. The zero-order chi connectivity index (χ0) is 16.9. The van der Waals surface area contributed by atoms with E-state index >= 15 is 0 Å². The van der Waals surface area contributed by atoms with E-state index in [2.05, 4.69) is 18.0 Å². The molecule has 0 radical (unpaired) electrons. The Balaban J connectivity index is 1.69. The molecule has 1 aromatic carbocycles. The maximum absolute atomic E-state index is 13.2. The number of aromatic nitrogens is 1. The van der Waals surface area contributed by atoms with Gasteiger partial charge in [-0.2, -0.15) is 0 Å². The number of aromatic amines is 1. The summed E-state index contributed by atoms with van der Waals surface area (Å²) in [7, 11) is 0. The fraction of sp³-hybridized carbons (Fsp3) is 0.526. The van der Waals surface area contributed by atoms with Gasteiger partial charge in [0.2, 0.25) is 0 Å². The van der Waals surface area contributed by atoms with Crippen LogP contribution >= 0.6 is 0 Å². The number of benzene rings is 1. The number of H-pyrrole nitrogens is 1. The van der Waals surface area contributed by atoms with Crippen LogP contribution in [0.4, 0.5) is 0 Å². The van der Waals surface area contributed by atoms with E-state index in [1.807, 2.05) is 36.9 Å². The van der Waals surface area contributed by atoms with Crippen LogP contribution in [0.5, 0.6) is 0 Å². The number of hydrogen-bond acceptors (Lipinski definition) is 3. The van der Waals surface area contributed by atoms with Crippen molar-refractivity contribution in [2.24, 2.45) is 0 Å². The Morgan fingerprint density at radius 2 is 2.21 bits per heavy atom. The first-order valence-corrected chi connectivity index (χ1v) is 8.65. The quantitative estimate of drug-likeness (QED) is 0.922. The first kappa shape index (κ1) is 15.7. The highest BCUT2D eigenvalue weighted by Gasteiger charge is 2.46. The standard InChI is InChI=1S/C19H24N2O3/c1-4-12-6-5-7-14-13(12)8-15(20-14)18(22)21-11-19(2,3)24-17-10-23-9-16(17)21/h5-8,16-17,20H,4,9-11H2,1-3H3/t16-,17-/m1/s1. The molecule has 0 spiro atoms. The Kier molecular flexibility index (Phi) is 3.66. The second-order valence-corrected chi connectivity index (χ2v) is 7.37. The lowest BCUT2D eigenvalue weighted by atomic mass is 10.0. The number of rotatable bonds is 2. The molecule has 1 N–H and O–H groups in total. The highest BCUT2D eigenvalue weighted by atomic mass is 16.6. The van der Waals surface area contributed by atoms with E-state index in [0.29, 0.717) is 25.5 Å². The minimum absolute atomic E-state index is 0.00239. The predicted molar refractivity (Wildman–Crippen MR) is 92.3 cm³/mol. The molecule has 2 aliphatic rings. The molecule has 0 unspecified atom stereocenters. The average molecular weight is 328 g/mol. The number of fused-ring (bicyclic) bond motifs is 2. The molecule has 0 saturated carbocycles. The highest BCUT2D eigenvalue weighted by Crippen LogP contribution is 2.31. The number of carbonyl (C=O) groups excluding carboxylic acids is 1. The fourth-order valence-corrected chi connectivity index (χ4v) is 3.92. The van der Waals surface area contributed by atoms with Crippen molar-refractivity contribution in [1.82, 2.24) is 9.88 Å². The molecule has 5 heteroatoms. The second-order valence-electron chi connectivity index (χ2n) is 7.37. The third-order valence-electron chi connectivity index (χ3n) is 5.05. The number of carbonyl (C=O) groups is 1. The van der Waals surface area contributed by atoms with Gasteiger partial charge < -0.3 is 19.4 Å². The normalized spacial score (nSPS) is 25.9. The molecular weight excluding hydrogens is 304 g/mol. The van der Waals surface area contributed by atoms with Crippen molar-refractivity contribution in [2.45, 2.75) is 44.9 Å². The van der Waals surface area contributed by atoms with E-state index < -0.39 is 0 Å². The van der Waals surface area contributed by atoms with Crippen molar-refractivity contribution < 1.29 is 14.3 Å². The lowest BCUT2D eigenvalue weighted by Crippen LogP contribution is -2.60. The van der Waals surface area contributed by atoms with Gasteiger partial charge in [0, 0.05) is 10.9 Å². The Labute approximate surface area is 141 Å². The van der Waals surface area contributed by atoms with Gasteiger partial charge >= 0.3 is 0 Å². The predicted octanol–water partition coefficient (Wildman–Crippen LogP) is 2.75. The van der Waals surface area contributed by atoms with Crippen molar-refractivity contribution in [3.63, 3.8) is 0 Å². The smallest absolute Gasteiger partial charge is 0.270 e. The van der Waals surface area contributed by atoms with Crippen LogP contribution in [0.25, 0.3) is 10.9 Å². The van der Waals surface area contributed by atoms with Crippen molar-refractivity contribution in [1.29, 1.82) is 0 Å². The zero-order valence-electron chi connectivity index (χ0n) is 14.5. The van der Waals surface area contributed by atoms with E-state index in [-0.39, 0.29) is 23.7 Å². The van der Waals surface area contributed by atoms with Gasteiger partial charge in [0.25, 0.3) is 5.91 Å². The second kappa shape index (κ2) is 5.60. The monoisotopic (exact) mass is 328 g/mol. The van der Waals surface area contributed by atoms with E-state index in [4.69, 9.17) is 9.47 Å². The van der Waals surface area contributed by atoms with Gasteiger partial charge in [-0.3, -0.25) is 4.79 Å². The van der Waals surface area contributed by atoms with Crippen LogP contribution in [0.1, 0.15) is 36.8 Å². The van der Waals surface area contributed by atoms with Crippen LogP contribution in [0.3, 0.4) is 0 Å². The molecule has 1 aromatic heterocycles. The molecule has 1 amide bonds. The van der Waals surface area contributed by atoms with Gasteiger partial charge in [-0.15, -0.1) is 0 Å². The number of hydrogen-bond donors (Lipinski definition) is 1. The Hall–Kier alpha value is -1.85. The molecule has 4 rings (SSSR count). The topological polar surface area (TPSA) is 54.6 Å². The van der Waals surface area contributed by atoms with Gasteiger partial charge in [0.1, 0.15) is 11.8 Å². The summed E-state index contributed by atoms with van der Waals surface area (Å²) in [4.78, 5) is 18.4. The number of nitrogens with one attached hydrogen (secondary N) is 1. The first-order valence-electron chi connectivity index (χ1n) is 8.65. The summed E-state index contributed by atoms with van der Waals surface area (Å²) in [5, 5.41) is 1.13. The lowest BCUT2D eigenvalue weighted by Gasteiger charge is -2.44. The number of amides is 1. The minimum atomic E-state index is -0.356. The summed E-state index contributed by atoms with van der Waals surface area (Å²) in [5.41, 5.74) is 2.57. The van der Waals surface area contributed by atoms with Gasteiger partial charge in [0.15, 0.2) is 0 Å². The number of ether oxygens (including phenoxy) is 2. The maximum Gasteiger partial charge on any atom is 0.270 e. The van der Waals surface area contributed by atoms with Crippen LogP contribution in [-0.4, -0.2) is 53.3 Å². The van der Waals surface area contributed by atoms with Crippen LogP contribution in [0, 0.1) is 0 Å². The summed E-state index contributed by atoms with van der Waals surface area (Å²) in [6, 6.07) is 8.16. The fourth-order valence-electron chi connectivity index (χ4n) is 3.92. The molecule has 2 fully saturated rings. The molecule has 24 heavy (non-hydrogen) atoms. The number of nitrogens with zero attached hydrogens (tertiary/aromatic N) is 1. The van der Waals surface area contributed by atoms with Crippen LogP contribution in [0.15, 0.2) is 24.3 Å². The molecule has 2 atom stereocenters. The summed E-state index contributed by atoms with van der Waals surface area (Å²) in [6.07, 6.45) is 0.916. The lowest BCUT2D eigenvalue weighted by molar-refractivity contribution is -0.137.